The van der Waals surface area contributed by atoms with Crippen molar-refractivity contribution in [3.05, 3.63) is 6.33 Å². The number of rotatable bonds is 9. The molecule has 2 N–H and O–H groups in total. The lowest BCUT2D eigenvalue weighted by atomic mass is 9.82. The Hall–Kier alpha value is -1.57. The van der Waals surface area contributed by atoms with Crippen molar-refractivity contribution < 1.29 is 14.7 Å². The van der Waals surface area contributed by atoms with Crippen molar-refractivity contribution in [2.45, 2.75) is 51.7 Å². The van der Waals surface area contributed by atoms with E-state index in [0.29, 0.717) is 18.0 Å². The van der Waals surface area contributed by atoms with Crippen LogP contribution in [0.5, 0.6) is 0 Å². The topological polar surface area (TPSA) is 97.1 Å². The maximum absolute atomic E-state index is 11.9. The predicted octanol–water partition coefficient (Wildman–Crippen LogP) is 1.96. The minimum absolute atomic E-state index is 0.144. The Labute approximate surface area is 134 Å². The molecule has 0 aromatic carbocycles. The van der Waals surface area contributed by atoms with Crippen molar-refractivity contribution in [2.24, 2.45) is 5.41 Å². The fourth-order valence-electron chi connectivity index (χ4n) is 2.02. The average molecular weight is 328 g/mol. The van der Waals surface area contributed by atoms with Crippen LogP contribution < -0.4 is 5.32 Å². The Morgan fingerprint density at radius 2 is 2.05 bits per heavy atom. The normalized spacial score (nSPS) is 11.7. The first kappa shape index (κ1) is 18.5. The molecule has 1 rings (SSSR count). The Morgan fingerprint density at radius 3 is 2.55 bits per heavy atom. The number of aromatic nitrogens is 3. The molecule has 0 unspecified atom stereocenters. The van der Waals surface area contributed by atoms with Crippen molar-refractivity contribution >= 4 is 23.6 Å². The van der Waals surface area contributed by atoms with Gasteiger partial charge in [-0.25, -0.2) is 0 Å². The van der Waals surface area contributed by atoms with E-state index in [-0.39, 0.29) is 24.2 Å². The third-order valence-electron chi connectivity index (χ3n) is 3.86. The van der Waals surface area contributed by atoms with Gasteiger partial charge >= 0.3 is 5.97 Å². The molecule has 22 heavy (non-hydrogen) atoms. The highest BCUT2D eigenvalue weighted by Crippen LogP contribution is 2.26. The highest BCUT2D eigenvalue weighted by molar-refractivity contribution is 7.99. The molecule has 124 valence electrons. The molecule has 1 amide bonds. The van der Waals surface area contributed by atoms with Crippen LogP contribution in [0.15, 0.2) is 11.5 Å². The first-order valence-corrected chi connectivity index (χ1v) is 8.37. The number of nitrogens with one attached hydrogen (secondary N) is 1. The van der Waals surface area contributed by atoms with Gasteiger partial charge in [0.05, 0.1) is 11.2 Å². The Kier molecular flexibility index (Phi) is 6.86. The average Bonchev–Trinajstić information content (AvgIpc) is 2.95. The first-order chi connectivity index (χ1) is 10.4. The van der Waals surface area contributed by atoms with Crippen LogP contribution in [0.3, 0.4) is 0 Å². The summed E-state index contributed by atoms with van der Waals surface area (Å²) >= 11 is 1.29. The van der Waals surface area contributed by atoms with Crippen LogP contribution in [0.25, 0.3) is 0 Å². The van der Waals surface area contributed by atoms with Crippen LogP contribution in [0, 0.1) is 5.41 Å². The first-order valence-electron chi connectivity index (χ1n) is 7.38. The molecule has 0 spiro atoms. The van der Waals surface area contributed by atoms with Gasteiger partial charge in [0.1, 0.15) is 6.33 Å². The zero-order valence-corrected chi connectivity index (χ0v) is 14.3. The van der Waals surface area contributed by atoms with Gasteiger partial charge < -0.3 is 15.0 Å². The number of hydrogen-bond donors (Lipinski definition) is 2. The van der Waals surface area contributed by atoms with Gasteiger partial charge in [-0.3, -0.25) is 9.59 Å². The highest BCUT2D eigenvalue weighted by Gasteiger charge is 2.35. The van der Waals surface area contributed by atoms with E-state index >= 15 is 0 Å². The monoisotopic (exact) mass is 328 g/mol. The zero-order valence-electron chi connectivity index (χ0n) is 13.5. The fourth-order valence-corrected chi connectivity index (χ4v) is 2.89. The maximum Gasteiger partial charge on any atom is 0.311 e. The van der Waals surface area contributed by atoms with Crippen LogP contribution in [-0.4, -0.2) is 44.0 Å². The SMILES string of the molecule is CCC(CC)(CNC(=O)CSc1nncn1C(C)C)C(=O)O. The molecule has 1 aromatic heterocycles. The van der Waals surface area contributed by atoms with Crippen molar-refractivity contribution in [1.82, 2.24) is 20.1 Å². The van der Waals surface area contributed by atoms with Gasteiger partial charge in [0.25, 0.3) is 0 Å². The van der Waals surface area contributed by atoms with Crippen molar-refractivity contribution in [2.75, 3.05) is 12.3 Å². The van der Waals surface area contributed by atoms with Crippen molar-refractivity contribution in [3.8, 4) is 0 Å². The molecular weight excluding hydrogens is 304 g/mol. The lowest BCUT2D eigenvalue weighted by Crippen LogP contribution is -2.42. The van der Waals surface area contributed by atoms with Crippen molar-refractivity contribution in [3.63, 3.8) is 0 Å². The number of aliphatic carboxylic acids is 1. The largest absolute Gasteiger partial charge is 0.481 e. The second kappa shape index (κ2) is 8.17. The van der Waals surface area contributed by atoms with Gasteiger partial charge in [0.15, 0.2) is 5.16 Å². The van der Waals surface area contributed by atoms with Crippen LogP contribution in [0.1, 0.15) is 46.6 Å². The van der Waals surface area contributed by atoms with Gasteiger partial charge in [-0.2, -0.15) is 0 Å². The van der Waals surface area contributed by atoms with E-state index in [1.165, 1.54) is 11.8 Å². The summed E-state index contributed by atoms with van der Waals surface area (Å²) in [6.45, 7) is 7.81. The number of nitrogens with zero attached hydrogens (tertiary/aromatic N) is 3. The van der Waals surface area contributed by atoms with Gasteiger partial charge in [-0.1, -0.05) is 25.6 Å². The summed E-state index contributed by atoms with van der Waals surface area (Å²) in [5, 5.41) is 20.6. The second-order valence-corrected chi connectivity index (χ2v) is 6.42. The Bertz CT molecular complexity index is 512. The molecule has 1 heterocycles. The summed E-state index contributed by atoms with van der Waals surface area (Å²) in [5.41, 5.74) is -0.891. The summed E-state index contributed by atoms with van der Waals surface area (Å²) in [6.07, 6.45) is 2.59. The minimum atomic E-state index is -0.891. The van der Waals surface area contributed by atoms with E-state index < -0.39 is 11.4 Å². The van der Waals surface area contributed by atoms with Crippen LogP contribution in [-0.2, 0) is 9.59 Å². The molecule has 0 aliphatic rings. The van der Waals surface area contributed by atoms with E-state index in [4.69, 9.17) is 0 Å². The molecule has 8 heteroatoms. The number of hydrogen-bond acceptors (Lipinski definition) is 5. The highest BCUT2D eigenvalue weighted by atomic mass is 32.2. The standard InChI is InChI=1S/C14H24N4O3S/c1-5-14(6-2,12(20)21)8-15-11(19)7-22-13-17-16-9-18(13)10(3)4/h9-10H,5-8H2,1-4H3,(H,15,19)(H,20,21). The number of carboxylic acid groups (broad SMARTS) is 1. The minimum Gasteiger partial charge on any atom is -0.481 e. The molecule has 0 radical (unpaired) electrons. The summed E-state index contributed by atoms with van der Waals surface area (Å²) in [6, 6.07) is 0.223. The molecule has 0 aliphatic heterocycles. The molecular formula is C14H24N4O3S. The van der Waals surface area contributed by atoms with Gasteiger partial charge in [0, 0.05) is 12.6 Å². The van der Waals surface area contributed by atoms with Crippen molar-refractivity contribution in [1.29, 1.82) is 0 Å². The quantitative estimate of drug-likeness (QED) is 0.673. The van der Waals surface area contributed by atoms with Crippen LogP contribution >= 0.6 is 11.8 Å². The molecule has 7 nitrogen and oxygen atoms in total. The van der Waals surface area contributed by atoms with E-state index in [1.807, 2.05) is 32.3 Å². The van der Waals surface area contributed by atoms with Gasteiger partial charge in [0.2, 0.25) is 5.91 Å². The predicted molar refractivity (Wildman–Crippen MR) is 84.8 cm³/mol. The maximum atomic E-state index is 11.9. The third-order valence-corrected chi connectivity index (χ3v) is 4.82. The number of carbonyl (C=O) groups is 2. The Morgan fingerprint density at radius 1 is 1.41 bits per heavy atom. The fraction of sp³-hybridized carbons (Fsp3) is 0.714. The molecule has 0 atom stereocenters. The molecule has 0 saturated heterocycles. The lowest BCUT2D eigenvalue weighted by Gasteiger charge is -2.26. The van der Waals surface area contributed by atoms with Crippen LogP contribution in [0.4, 0.5) is 0 Å². The number of carbonyl (C=O) groups excluding carboxylic acids is 1. The Balaban J connectivity index is 2.53. The van der Waals surface area contributed by atoms with Gasteiger partial charge in [-0.05, 0) is 26.7 Å². The molecule has 0 aliphatic carbocycles. The smallest absolute Gasteiger partial charge is 0.311 e. The van der Waals surface area contributed by atoms with Crippen LogP contribution in [0.2, 0.25) is 0 Å². The molecule has 0 bridgehead atoms. The van der Waals surface area contributed by atoms with E-state index in [1.54, 1.807) is 6.33 Å². The lowest BCUT2D eigenvalue weighted by molar-refractivity contribution is -0.149. The number of carboxylic acids is 1. The summed E-state index contributed by atoms with van der Waals surface area (Å²) in [4.78, 5) is 23.3. The van der Waals surface area contributed by atoms with E-state index in [2.05, 4.69) is 15.5 Å². The molecule has 0 fully saturated rings. The summed E-state index contributed by atoms with van der Waals surface area (Å²) in [5.74, 6) is -0.880. The second-order valence-electron chi connectivity index (χ2n) is 5.47. The van der Waals surface area contributed by atoms with E-state index in [9.17, 15) is 14.7 Å². The third kappa shape index (κ3) is 4.46. The van der Waals surface area contributed by atoms with E-state index in [0.717, 1.165) is 0 Å². The molecule has 0 saturated carbocycles. The van der Waals surface area contributed by atoms with Gasteiger partial charge in [-0.15, -0.1) is 10.2 Å². The zero-order chi connectivity index (χ0) is 16.8. The summed E-state index contributed by atoms with van der Waals surface area (Å²) in [7, 11) is 0. The number of amides is 1. The summed E-state index contributed by atoms with van der Waals surface area (Å²) < 4.78 is 1.89. The number of thioether (sulfide) groups is 1. The molecule has 1 aromatic rings.